The molecule has 0 bridgehead atoms. The molecule has 29 heavy (non-hydrogen) atoms. The number of thioether (sulfide) groups is 1. The SMILES string of the molecule is Cc1nn(-c2ccccc2)c2c1N(C(CCC=O)N1CCCCCC1)C(=O)CS2. The Balaban J connectivity index is 1.75. The smallest absolute Gasteiger partial charge is 0.238 e. The van der Waals surface area contributed by atoms with Crippen LogP contribution in [0.5, 0.6) is 0 Å². The van der Waals surface area contributed by atoms with Gasteiger partial charge in [0.1, 0.15) is 17.0 Å². The van der Waals surface area contributed by atoms with Crippen LogP contribution in [-0.4, -0.2) is 51.9 Å². The third kappa shape index (κ3) is 4.12. The fourth-order valence-corrected chi connectivity index (χ4v) is 5.42. The molecule has 1 saturated heterocycles. The van der Waals surface area contributed by atoms with Crippen molar-refractivity contribution in [2.75, 3.05) is 23.7 Å². The fourth-order valence-electron chi connectivity index (χ4n) is 4.37. The van der Waals surface area contributed by atoms with Crippen LogP contribution in [-0.2, 0) is 9.59 Å². The summed E-state index contributed by atoms with van der Waals surface area (Å²) in [6, 6.07) is 10.1. The second kappa shape index (κ2) is 9.13. The monoisotopic (exact) mass is 412 g/mol. The van der Waals surface area contributed by atoms with Crippen LogP contribution in [0.2, 0.25) is 0 Å². The molecular formula is C22H28N4O2S. The van der Waals surface area contributed by atoms with Gasteiger partial charge in [-0.3, -0.25) is 14.6 Å². The average molecular weight is 413 g/mol. The number of benzene rings is 1. The summed E-state index contributed by atoms with van der Waals surface area (Å²) in [7, 11) is 0. The Morgan fingerprint density at radius 2 is 1.86 bits per heavy atom. The number of anilines is 1. The number of amides is 1. The summed E-state index contributed by atoms with van der Waals surface area (Å²) in [5.41, 5.74) is 2.77. The molecule has 0 N–H and O–H groups in total. The lowest BCUT2D eigenvalue weighted by Crippen LogP contribution is -2.53. The minimum absolute atomic E-state index is 0.0856. The second-order valence-electron chi connectivity index (χ2n) is 7.71. The molecule has 0 saturated carbocycles. The van der Waals surface area contributed by atoms with Gasteiger partial charge < -0.3 is 4.79 Å². The first-order valence-corrected chi connectivity index (χ1v) is 11.5. The third-order valence-corrected chi connectivity index (χ3v) is 6.76. The van der Waals surface area contributed by atoms with E-state index in [0.29, 0.717) is 18.6 Å². The number of fused-ring (bicyclic) bond motifs is 1. The van der Waals surface area contributed by atoms with Gasteiger partial charge in [-0.05, 0) is 38.3 Å². The van der Waals surface area contributed by atoms with Crippen molar-refractivity contribution in [2.45, 2.75) is 56.6 Å². The predicted octanol–water partition coefficient (Wildman–Crippen LogP) is 3.80. The zero-order valence-electron chi connectivity index (χ0n) is 16.9. The summed E-state index contributed by atoms with van der Waals surface area (Å²) in [6.07, 6.45) is 6.75. The van der Waals surface area contributed by atoms with Crippen LogP contribution in [0, 0.1) is 6.92 Å². The third-order valence-electron chi connectivity index (χ3n) is 5.73. The van der Waals surface area contributed by atoms with Crippen molar-refractivity contribution >= 4 is 29.6 Å². The minimum Gasteiger partial charge on any atom is -0.303 e. The van der Waals surface area contributed by atoms with E-state index in [1.807, 2.05) is 46.8 Å². The number of nitrogens with zero attached hydrogens (tertiary/aromatic N) is 4. The number of rotatable bonds is 6. The normalized spacial score (nSPS) is 18.9. The van der Waals surface area contributed by atoms with Crippen molar-refractivity contribution < 1.29 is 9.59 Å². The molecule has 6 nitrogen and oxygen atoms in total. The molecule has 0 radical (unpaired) electrons. The first-order valence-electron chi connectivity index (χ1n) is 10.5. The van der Waals surface area contributed by atoms with Gasteiger partial charge in [0.2, 0.25) is 5.91 Å². The van der Waals surface area contributed by atoms with E-state index in [4.69, 9.17) is 5.10 Å². The molecule has 1 aromatic carbocycles. The average Bonchev–Trinajstić information content (AvgIpc) is 2.91. The Labute approximate surface area is 176 Å². The highest BCUT2D eigenvalue weighted by Crippen LogP contribution is 2.41. The standard InChI is InChI=1S/C22H28N4O2S/c1-17-21-22(26(23-17)18-10-5-4-6-11-18)29-16-20(28)25(21)19(12-9-15-27)24-13-7-2-3-8-14-24/h4-6,10-11,15,19H,2-3,7-9,12-14,16H2,1H3. The molecule has 7 heteroatoms. The van der Waals surface area contributed by atoms with Crippen LogP contribution in [0.4, 0.5) is 5.69 Å². The largest absolute Gasteiger partial charge is 0.303 e. The Morgan fingerprint density at radius 3 is 2.55 bits per heavy atom. The second-order valence-corrected chi connectivity index (χ2v) is 8.68. The maximum atomic E-state index is 13.1. The summed E-state index contributed by atoms with van der Waals surface area (Å²) < 4.78 is 1.95. The zero-order valence-corrected chi connectivity index (χ0v) is 17.7. The fraction of sp³-hybridized carbons (Fsp3) is 0.500. The Hall–Kier alpha value is -2.12. The van der Waals surface area contributed by atoms with E-state index in [0.717, 1.165) is 54.3 Å². The topological polar surface area (TPSA) is 58.4 Å². The summed E-state index contributed by atoms with van der Waals surface area (Å²) in [4.78, 5) is 28.7. The van der Waals surface area contributed by atoms with Crippen LogP contribution in [0.15, 0.2) is 35.4 Å². The molecule has 0 aliphatic carbocycles. The number of aromatic nitrogens is 2. The molecule has 1 aromatic heterocycles. The van der Waals surface area contributed by atoms with Gasteiger partial charge in [0, 0.05) is 19.5 Å². The molecule has 1 atom stereocenters. The molecule has 4 rings (SSSR count). The van der Waals surface area contributed by atoms with Crippen molar-refractivity contribution in [3.05, 3.63) is 36.0 Å². The van der Waals surface area contributed by atoms with Crippen molar-refractivity contribution in [2.24, 2.45) is 0 Å². The molecule has 2 aliphatic rings. The predicted molar refractivity (Wildman–Crippen MR) is 116 cm³/mol. The van der Waals surface area contributed by atoms with Gasteiger partial charge in [-0.25, -0.2) is 4.68 Å². The number of hydrogen-bond donors (Lipinski definition) is 0. The molecule has 154 valence electrons. The maximum Gasteiger partial charge on any atom is 0.238 e. The van der Waals surface area contributed by atoms with Gasteiger partial charge >= 0.3 is 0 Å². The van der Waals surface area contributed by atoms with E-state index in [1.165, 1.54) is 12.8 Å². The summed E-state index contributed by atoms with van der Waals surface area (Å²) in [5, 5.41) is 5.80. The summed E-state index contributed by atoms with van der Waals surface area (Å²) >= 11 is 1.56. The molecule has 1 amide bonds. The molecule has 0 spiro atoms. The number of aryl methyl sites for hydroxylation is 1. The number of carbonyl (C=O) groups excluding carboxylic acids is 2. The lowest BCUT2D eigenvalue weighted by atomic mass is 10.1. The highest BCUT2D eigenvalue weighted by Gasteiger charge is 2.38. The molecule has 3 heterocycles. The van der Waals surface area contributed by atoms with Crippen molar-refractivity contribution in [1.29, 1.82) is 0 Å². The Bertz CT molecular complexity index is 859. The number of para-hydroxylation sites is 1. The van der Waals surface area contributed by atoms with Crippen molar-refractivity contribution in [3.63, 3.8) is 0 Å². The highest BCUT2D eigenvalue weighted by atomic mass is 32.2. The Morgan fingerprint density at radius 1 is 1.14 bits per heavy atom. The van der Waals surface area contributed by atoms with Crippen molar-refractivity contribution in [3.8, 4) is 5.69 Å². The number of aldehydes is 1. The molecule has 2 aliphatic heterocycles. The van der Waals surface area contributed by atoms with Gasteiger partial charge in [-0.15, -0.1) is 0 Å². The zero-order chi connectivity index (χ0) is 20.2. The number of likely N-dealkylation sites (tertiary alicyclic amines) is 1. The molecule has 2 aromatic rings. The van der Waals surface area contributed by atoms with Crippen LogP contribution >= 0.6 is 11.8 Å². The van der Waals surface area contributed by atoms with E-state index in [1.54, 1.807) is 11.8 Å². The van der Waals surface area contributed by atoms with Crippen LogP contribution < -0.4 is 4.90 Å². The van der Waals surface area contributed by atoms with E-state index >= 15 is 0 Å². The summed E-state index contributed by atoms with van der Waals surface area (Å²) in [5.74, 6) is 0.509. The van der Waals surface area contributed by atoms with Gasteiger partial charge in [0.25, 0.3) is 0 Å². The van der Waals surface area contributed by atoms with Gasteiger partial charge in [0.15, 0.2) is 0 Å². The van der Waals surface area contributed by atoms with Gasteiger partial charge in [0.05, 0.1) is 23.3 Å². The van der Waals surface area contributed by atoms with Crippen LogP contribution in [0.3, 0.4) is 0 Å². The number of carbonyl (C=O) groups is 2. The minimum atomic E-state index is -0.0856. The van der Waals surface area contributed by atoms with E-state index in [-0.39, 0.29) is 12.1 Å². The Kier molecular flexibility index (Phi) is 6.35. The van der Waals surface area contributed by atoms with Gasteiger partial charge in [-0.1, -0.05) is 42.8 Å². The lowest BCUT2D eigenvalue weighted by molar-refractivity contribution is -0.118. The van der Waals surface area contributed by atoms with E-state index in [9.17, 15) is 9.59 Å². The van der Waals surface area contributed by atoms with Gasteiger partial charge in [-0.2, -0.15) is 5.10 Å². The van der Waals surface area contributed by atoms with E-state index < -0.39 is 0 Å². The maximum absolute atomic E-state index is 13.1. The quantitative estimate of drug-likeness (QED) is 0.676. The first-order chi connectivity index (χ1) is 14.2. The van der Waals surface area contributed by atoms with E-state index in [2.05, 4.69) is 4.90 Å². The highest BCUT2D eigenvalue weighted by molar-refractivity contribution is 8.00. The van der Waals surface area contributed by atoms with Crippen LogP contribution in [0.1, 0.15) is 44.2 Å². The lowest BCUT2D eigenvalue weighted by Gasteiger charge is -2.41. The van der Waals surface area contributed by atoms with Crippen LogP contribution in [0.25, 0.3) is 5.69 Å². The first kappa shape index (κ1) is 20.2. The van der Waals surface area contributed by atoms with Crippen molar-refractivity contribution in [1.82, 2.24) is 14.7 Å². The molecule has 1 unspecified atom stereocenters. The summed E-state index contributed by atoms with van der Waals surface area (Å²) in [6.45, 7) is 3.92. The molecular weight excluding hydrogens is 384 g/mol. The number of hydrogen-bond acceptors (Lipinski definition) is 5. The molecule has 1 fully saturated rings.